The normalized spacial score (nSPS) is 13.2. The number of hydrogen-bond donors (Lipinski definition) is 1. The summed E-state index contributed by atoms with van der Waals surface area (Å²) in [5, 5.41) is 8.82. The minimum absolute atomic E-state index is 0.276. The van der Waals surface area contributed by atoms with Crippen LogP contribution in [0.2, 0.25) is 5.02 Å². The number of carbonyl (C=O) groups is 1. The van der Waals surface area contributed by atoms with Gasteiger partial charge in [0.2, 0.25) is 0 Å². The number of hydrogen-bond acceptors (Lipinski definition) is 3. The molecule has 0 radical (unpaired) electrons. The number of aryl methyl sites for hydroxylation is 1. The van der Waals surface area contributed by atoms with Gasteiger partial charge in [-0.3, -0.25) is 4.68 Å². The average Bonchev–Trinajstić information content (AvgIpc) is 2.65. The van der Waals surface area contributed by atoms with Crippen molar-refractivity contribution in [3.8, 4) is 0 Å². The quantitative estimate of drug-likeness (QED) is 0.917. The molecular weight excluding hydrogens is 290 g/mol. The largest absolute Gasteiger partial charge is 0.444 e. The van der Waals surface area contributed by atoms with Crippen molar-refractivity contribution in [1.29, 1.82) is 0 Å². The first-order valence-corrected chi connectivity index (χ1v) is 7.17. The number of para-hydroxylation sites is 1. The molecule has 1 aromatic heterocycles. The Kier molecular flexibility index (Phi) is 4.14. The number of amides is 1. The summed E-state index contributed by atoms with van der Waals surface area (Å²) in [6.07, 6.45) is -0.462. The molecule has 0 aliphatic rings. The van der Waals surface area contributed by atoms with Gasteiger partial charge in [-0.15, -0.1) is 0 Å². The van der Waals surface area contributed by atoms with Crippen molar-refractivity contribution in [2.24, 2.45) is 7.05 Å². The van der Waals surface area contributed by atoms with Gasteiger partial charge in [0.25, 0.3) is 0 Å². The first-order valence-electron chi connectivity index (χ1n) is 6.79. The van der Waals surface area contributed by atoms with E-state index < -0.39 is 11.7 Å². The smallest absolute Gasteiger partial charge is 0.408 e. The number of fused-ring (bicyclic) bond motifs is 1. The highest BCUT2D eigenvalue weighted by molar-refractivity contribution is 6.35. The maximum absolute atomic E-state index is 11.9. The summed E-state index contributed by atoms with van der Waals surface area (Å²) in [5.41, 5.74) is 1.09. The summed E-state index contributed by atoms with van der Waals surface area (Å²) in [6.45, 7) is 7.35. The zero-order valence-electron chi connectivity index (χ0n) is 12.9. The van der Waals surface area contributed by atoms with Crippen LogP contribution in [0.1, 0.15) is 39.4 Å². The van der Waals surface area contributed by atoms with Gasteiger partial charge in [0.1, 0.15) is 5.60 Å². The minimum atomic E-state index is -0.528. The van der Waals surface area contributed by atoms with E-state index in [2.05, 4.69) is 10.4 Å². The highest BCUT2D eigenvalue weighted by atomic mass is 35.5. The molecule has 2 rings (SSSR count). The number of rotatable bonds is 2. The molecule has 21 heavy (non-hydrogen) atoms. The Balaban J connectivity index is 2.26. The molecule has 0 aliphatic heterocycles. The number of aromatic nitrogens is 2. The van der Waals surface area contributed by atoms with E-state index in [1.807, 2.05) is 52.9 Å². The van der Waals surface area contributed by atoms with Gasteiger partial charge in [-0.2, -0.15) is 5.10 Å². The lowest BCUT2D eigenvalue weighted by Crippen LogP contribution is -2.34. The fourth-order valence-corrected chi connectivity index (χ4v) is 2.49. The third-order valence-electron chi connectivity index (χ3n) is 2.99. The van der Waals surface area contributed by atoms with Crippen LogP contribution >= 0.6 is 11.6 Å². The third-order valence-corrected chi connectivity index (χ3v) is 3.29. The van der Waals surface area contributed by atoms with Crippen LogP contribution in [0.4, 0.5) is 4.79 Å². The van der Waals surface area contributed by atoms with Gasteiger partial charge in [-0.05, 0) is 33.8 Å². The Morgan fingerprint density at radius 1 is 1.43 bits per heavy atom. The molecule has 1 atom stereocenters. The lowest BCUT2D eigenvalue weighted by molar-refractivity contribution is 0.0507. The molecule has 0 spiro atoms. The summed E-state index contributed by atoms with van der Waals surface area (Å²) in [4.78, 5) is 11.9. The fraction of sp³-hybridized carbons (Fsp3) is 0.467. The second kappa shape index (κ2) is 5.56. The van der Waals surface area contributed by atoms with Crippen LogP contribution in [-0.2, 0) is 11.8 Å². The van der Waals surface area contributed by atoms with Crippen LogP contribution in [0.15, 0.2) is 18.2 Å². The molecule has 0 saturated heterocycles. The zero-order chi connectivity index (χ0) is 15.8. The third kappa shape index (κ3) is 3.47. The zero-order valence-corrected chi connectivity index (χ0v) is 13.7. The van der Waals surface area contributed by atoms with Gasteiger partial charge in [-0.1, -0.05) is 23.7 Å². The van der Waals surface area contributed by atoms with Crippen molar-refractivity contribution in [2.45, 2.75) is 39.3 Å². The molecule has 114 valence electrons. The van der Waals surface area contributed by atoms with E-state index in [1.165, 1.54) is 0 Å². The Morgan fingerprint density at radius 2 is 2.10 bits per heavy atom. The maximum Gasteiger partial charge on any atom is 0.408 e. The summed E-state index contributed by atoms with van der Waals surface area (Å²) >= 11 is 6.20. The lowest BCUT2D eigenvalue weighted by atomic mass is 10.1. The SMILES string of the molecule is CC(NC(=O)OC(C)(C)C)c1nn(C)c2c(Cl)cccc12. The first kappa shape index (κ1) is 15.6. The number of ether oxygens (including phenoxy) is 1. The van der Waals surface area contributed by atoms with Crippen molar-refractivity contribution in [3.63, 3.8) is 0 Å². The molecule has 0 aliphatic carbocycles. The monoisotopic (exact) mass is 309 g/mol. The molecule has 0 fully saturated rings. The standard InChI is InChI=1S/C15H20ClN3O2/c1-9(17-14(20)21-15(2,3)4)12-10-7-6-8-11(16)13(10)19(5)18-12/h6-9H,1-5H3,(H,17,20). The highest BCUT2D eigenvalue weighted by Crippen LogP contribution is 2.28. The van der Waals surface area contributed by atoms with Crippen molar-refractivity contribution in [1.82, 2.24) is 15.1 Å². The van der Waals surface area contributed by atoms with Crippen LogP contribution in [0.5, 0.6) is 0 Å². The molecular formula is C15H20ClN3O2. The predicted molar refractivity (Wildman–Crippen MR) is 83.5 cm³/mol. The van der Waals surface area contributed by atoms with Crippen LogP contribution in [0.25, 0.3) is 10.9 Å². The summed E-state index contributed by atoms with van der Waals surface area (Å²) in [6, 6.07) is 5.36. The van der Waals surface area contributed by atoms with Gasteiger partial charge < -0.3 is 10.1 Å². The molecule has 5 nitrogen and oxygen atoms in total. The number of halogens is 1. The number of carbonyl (C=O) groups excluding carboxylic acids is 1. The van der Waals surface area contributed by atoms with Crippen LogP contribution in [-0.4, -0.2) is 21.5 Å². The molecule has 1 N–H and O–H groups in total. The number of benzene rings is 1. The Labute approximate surface area is 129 Å². The van der Waals surface area contributed by atoms with Gasteiger partial charge in [0, 0.05) is 12.4 Å². The Bertz CT molecular complexity index is 673. The van der Waals surface area contributed by atoms with E-state index in [9.17, 15) is 4.79 Å². The second-order valence-electron chi connectivity index (χ2n) is 6.01. The lowest BCUT2D eigenvalue weighted by Gasteiger charge is -2.21. The van der Waals surface area contributed by atoms with E-state index in [4.69, 9.17) is 16.3 Å². The molecule has 2 aromatic rings. The van der Waals surface area contributed by atoms with E-state index in [0.717, 1.165) is 16.6 Å². The number of nitrogens with one attached hydrogen (secondary N) is 1. The molecule has 1 unspecified atom stereocenters. The van der Waals surface area contributed by atoms with Crippen molar-refractivity contribution < 1.29 is 9.53 Å². The Hall–Kier alpha value is -1.75. The second-order valence-corrected chi connectivity index (χ2v) is 6.42. The summed E-state index contributed by atoms with van der Waals surface area (Å²) in [5.74, 6) is 0. The van der Waals surface area contributed by atoms with Crippen molar-refractivity contribution in [2.75, 3.05) is 0 Å². The Morgan fingerprint density at radius 3 is 2.71 bits per heavy atom. The van der Waals surface area contributed by atoms with Crippen molar-refractivity contribution >= 4 is 28.6 Å². The molecule has 0 saturated carbocycles. The van der Waals surface area contributed by atoms with E-state index in [1.54, 1.807) is 4.68 Å². The van der Waals surface area contributed by atoms with E-state index in [0.29, 0.717) is 5.02 Å². The molecule has 0 bridgehead atoms. The van der Waals surface area contributed by atoms with Crippen LogP contribution < -0.4 is 5.32 Å². The average molecular weight is 310 g/mol. The number of nitrogens with zero attached hydrogens (tertiary/aromatic N) is 2. The van der Waals surface area contributed by atoms with Gasteiger partial charge in [0.05, 0.1) is 22.3 Å². The minimum Gasteiger partial charge on any atom is -0.444 e. The molecule has 1 aromatic carbocycles. The first-order chi connectivity index (χ1) is 9.69. The van der Waals surface area contributed by atoms with Crippen molar-refractivity contribution in [3.05, 3.63) is 28.9 Å². The molecule has 1 heterocycles. The number of alkyl carbamates (subject to hydrolysis) is 1. The van der Waals surface area contributed by atoms with Gasteiger partial charge in [-0.25, -0.2) is 4.79 Å². The van der Waals surface area contributed by atoms with E-state index >= 15 is 0 Å². The summed E-state index contributed by atoms with van der Waals surface area (Å²) in [7, 11) is 1.83. The molecule has 1 amide bonds. The topological polar surface area (TPSA) is 56.1 Å². The van der Waals surface area contributed by atoms with Crippen LogP contribution in [0, 0.1) is 0 Å². The van der Waals surface area contributed by atoms with Gasteiger partial charge >= 0.3 is 6.09 Å². The fourth-order valence-electron chi connectivity index (χ4n) is 2.19. The predicted octanol–water partition coefficient (Wildman–Crippen LogP) is 3.81. The van der Waals surface area contributed by atoms with Crippen LogP contribution in [0.3, 0.4) is 0 Å². The summed E-state index contributed by atoms with van der Waals surface area (Å²) < 4.78 is 6.98. The highest BCUT2D eigenvalue weighted by Gasteiger charge is 2.21. The maximum atomic E-state index is 11.9. The van der Waals surface area contributed by atoms with Gasteiger partial charge in [0.15, 0.2) is 0 Å². The molecule has 6 heteroatoms. The van der Waals surface area contributed by atoms with E-state index in [-0.39, 0.29) is 6.04 Å².